The van der Waals surface area contributed by atoms with Crippen LogP contribution in [-0.2, 0) is 4.74 Å². The van der Waals surface area contributed by atoms with Gasteiger partial charge >= 0.3 is 5.69 Å². The lowest BCUT2D eigenvalue weighted by Crippen LogP contribution is -2.30. The highest BCUT2D eigenvalue weighted by Crippen LogP contribution is 2.28. The van der Waals surface area contributed by atoms with Crippen LogP contribution in [0.5, 0.6) is 0 Å². The number of hydrogen-bond acceptors (Lipinski definition) is 8. The molecule has 11 heteroatoms. The highest BCUT2D eigenvalue weighted by molar-refractivity contribution is 6.30. The van der Waals surface area contributed by atoms with E-state index in [0.29, 0.717) is 23.7 Å². The van der Waals surface area contributed by atoms with E-state index in [4.69, 9.17) is 16.3 Å². The SMILES string of the molecule is COCCNc1ncnc(NNC(=O)c2ccc(Cl)cc2)c1[N+](=O)[O-]. The minimum atomic E-state index is -0.647. The first kappa shape index (κ1) is 18.4. The van der Waals surface area contributed by atoms with Crippen molar-refractivity contribution in [3.63, 3.8) is 0 Å². The van der Waals surface area contributed by atoms with Crippen LogP contribution in [0, 0.1) is 10.1 Å². The van der Waals surface area contributed by atoms with Gasteiger partial charge in [-0.25, -0.2) is 9.97 Å². The normalized spacial score (nSPS) is 10.2. The number of carbonyl (C=O) groups is 1. The minimum absolute atomic E-state index is 0.0142. The Hall–Kier alpha value is -2.98. The largest absolute Gasteiger partial charge is 0.383 e. The molecule has 3 N–H and O–H groups in total. The van der Waals surface area contributed by atoms with Gasteiger partial charge in [0.15, 0.2) is 0 Å². The molecule has 0 atom stereocenters. The fraction of sp³-hybridized carbons (Fsp3) is 0.214. The van der Waals surface area contributed by atoms with Crippen molar-refractivity contribution in [3.05, 3.63) is 51.3 Å². The molecule has 132 valence electrons. The van der Waals surface area contributed by atoms with Gasteiger partial charge in [0.2, 0.25) is 11.6 Å². The van der Waals surface area contributed by atoms with Crippen molar-refractivity contribution in [1.82, 2.24) is 15.4 Å². The van der Waals surface area contributed by atoms with Gasteiger partial charge in [0, 0.05) is 24.2 Å². The van der Waals surface area contributed by atoms with E-state index in [9.17, 15) is 14.9 Å². The van der Waals surface area contributed by atoms with Crippen LogP contribution in [0.3, 0.4) is 0 Å². The second kappa shape index (κ2) is 8.76. The highest BCUT2D eigenvalue weighted by atomic mass is 35.5. The summed E-state index contributed by atoms with van der Waals surface area (Å²) >= 11 is 5.76. The third-order valence-electron chi connectivity index (χ3n) is 3.00. The summed E-state index contributed by atoms with van der Waals surface area (Å²) in [6.07, 6.45) is 1.14. The van der Waals surface area contributed by atoms with Crippen LogP contribution in [0.25, 0.3) is 0 Å². The van der Waals surface area contributed by atoms with E-state index >= 15 is 0 Å². The van der Waals surface area contributed by atoms with E-state index < -0.39 is 16.5 Å². The Morgan fingerprint density at radius 1 is 1.28 bits per heavy atom. The predicted molar refractivity (Wildman–Crippen MR) is 91.6 cm³/mol. The fourth-order valence-corrected chi connectivity index (χ4v) is 1.96. The molecule has 1 heterocycles. The third-order valence-corrected chi connectivity index (χ3v) is 3.26. The average molecular weight is 367 g/mol. The van der Waals surface area contributed by atoms with Gasteiger partial charge in [-0.15, -0.1) is 0 Å². The van der Waals surface area contributed by atoms with Crippen LogP contribution in [-0.4, -0.2) is 41.1 Å². The molecule has 0 aliphatic rings. The van der Waals surface area contributed by atoms with Gasteiger partial charge in [0.1, 0.15) is 6.33 Å². The molecule has 25 heavy (non-hydrogen) atoms. The van der Waals surface area contributed by atoms with Crippen LogP contribution in [0.1, 0.15) is 10.4 Å². The number of nitrogens with one attached hydrogen (secondary N) is 3. The maximum Gasteiger partial charge on any atom is 0.354 e. The Morgan fingerprint density at radius 3 is 2.60 bits per heavy atom. The molecule has 1 aromatic carbocycles. The van der Waals surface area contributed by atoms with E-state index in [-0.39, 0.29) is 11.6 Å². The number of hydrogen-bond donors (Lipinski definition) is 3. The van der Waals surface area contributed by atoms with Gasteiger partial charge in [0.05, 0.1) is 11.5 Å². The first-order chi connectivity index (χ1) is 12.0. The molecular weight excluding hydrogens is 352 g/mol. The average Bonchev–Trinajstić information content (AvgIpc) is 2.60. The number of ether oxygens (including phenoxy) is 1. The molecule has 0 spiro atoms. The van der Waals surface area contributed by atoms with Crippen LogP contribution in [0.15, 0.2) is 30.6 Å². The maximum absolute atomic E-state index is 12.0. The number of rotatable bonds is 8. The number of carbonyl (C=O) groups excluding carboxylic acids is 1. The summed E-state index contributed by atoms with van der Waals surface area (Å²) in [5.41, 5.74) is 4.72. The Bertz CT molecular complexity index is 755. The zero-order valence-electron chi connectivity index (χ0n) is 13.2. The summed E-state index contributed by atoms with van der Waals surface area (Å²) in [7, 11) is 1.51. The van der Waals surface area contributed by atoms with Gasteiger partial charge in [-0.05, 0) is 24.3 Å². The summed E-state index contributed by atoms with van der Waals surface area (Å²) in [4.78, 5) is 30.3. The van der Waals surface area contributed by atoms with Crippen LogP contribution in [0.4, 0.5) is 17.3 Å². The lowest BCUT2D eigenvalue weighted by atomic mass is 10.2. The van der Waals surface area contributed by atoms with Gasteiger partial charge in [-0.2, -0.15) is 0 Å². The summed E-state index contributed by atoms with van der Waals surface area (Å²) < 4.78 is 4.87. The van der Waals surface area contributed by atoms with E-state index in [1.807, 2.05) is 0 Å². The van der Waals surface area contributed by atoms with E-state index in [1.54, 1.807) is 12.1 Å². The number of aromatic nitrogens is 2. The summed E-state index contributed by atoms with van der Waals surface area (Å²) in [5.74, 6) is -0.638. The lowest BCUT2D eigenvalue weighted by molar-refractivity contribution is -0.383. The van der Waals surface area contributed by atoms with E-state index in [1.165, 1.54) is 19.2 Å². The predicted octanol–water partition coefficient (Wildman–Crippen LogP) is 1.85. The number of nitro groups is 1. The first-order valence-electron chi connectivity index (χ1n) is 7.07. The van der Waals surface area contributed by atoms with E-state index in [0.717, 1.165) is 6.33 Å². The molecule has 0 radical (unpaired) electrons. The van der Waals surface area contributed by atoms with Crippen molar-refractivity contribution in [2.45, 2.75) is 0 Å². The number of amides is 1. The van der Waals surface area contributed by atoms with Gasteiger partial charge in [-0.1, -0.05) is 11.6 Å². The Morgan fingerprint density at radius 2 is 1.96 bits per heavy atom. The Balaban J connectivity index is 2.12. The van der Waals surface area contributed by atoms with Gasteiger partial charge in [0.25, 0.3) is 5.91 Å². The molecule has 0 bridgehead atoms. The second-order valence-electron chi connectivity index (χ2n) is 4.68. The molecular formula is C14H15ClN6O4. The van der Waals surface area contributed by atoms with Crippen LogP contribution < -0.4 is 16.2 Å². The topological polar surface area (TPSA) is 131 Å². The van der Waals surface area contributed by atoms with Crippen molar-refractivity contribution in [2.24, 2.45) is 0 Å². The summed E-state index contributed by atoms with van der Waals surface area (Å²) in [6, 6.07) is 6.15. The number of nitrogens with zero attached hydrogens (tertiary/aromatic N) is 3. The monoisotopic (exact) mass is 366 g/mol. The first-order valence-corrected chi connectivity index (χ1v) is 7.45. The Kier molecular flexibility index (Phi) is 6.43. The summed E-state index contributed by atoms with van der Waals surface area (Å²) in [5, 5.41) is 14.6. The van der Waals surface area contributed by atoms with Crippen molar-refractivity contribution in [1.29, 1.82) is 0 Å². The van der Waals surface area contributed by atoms with Crippen molar-refractivity contribution >= 4 is 34.8 Å². The number of hydrazine groups is 1. The Labute approximate surface area is 147 Å². The fourth-order valence-electron chi connectivity index (χ4n) is 1.83. The molecule has 0 fully saturated rings. The number of benzene rings is 1. The van der Waals surface area contributed by atoms with Crippen molar-refractivity contribution in [3.8, 4) is 0 Å². The molecule has 0 saturated carbocycles. The lowest BCUT2D eigenvalue weighted by Gasteiger charge is -2.10. The highest BCUT2D eigenvalue weighted by Gasteiger charge is 2.23. The second-order valence-corrected chi connectivity index (χ2v) is 5.12. The van der Waals surface area contributed by atoms with Gasteiger partial charge < -0.3 is 10.1 Å². The molecule has 0 aliphatic carbocycles. The summed E-state index contributed by atoms with van der Waals surface area (Å²) in [6.45, 7) is 0.669. The molecule has 1 amide bonds. The molecule has 0 saturated heterocycles. The van der Waals surface area contributed by atoms with Gasteiger partial charge in [-0.3, -0.25) is 25.8 Å². The van der Waals surface area contributed by atoms with E-state index in [2.05, 4.69) is 26.1 Å². The van der Waals surface area contributed by atoms with Crippen molar-refractivity contribution in [2.75, 3.05) is 31.0 Å². The molecule has 10 nitrogen and oxygen atoms in total. The molecule has 2 aromatic rings. The molecule has 2 rings (SSSR count). The zero-order chi connectivity index (χ0) is 18.2. The van der Waals surface area contributed by atoms with Crippen LogP contribution in [0.2, 0.25) is 5.02 Å². The standard InChI is InChI=1S/C14H15ClN6O4/c1-25-7-6-16-12-11(21(23)24)13(18-8-17-12)19-20-14(22)9-2-4-10(15)5-3-9/h2-5,8H,6-7H2,1H3,(H,20,22)(H2,16,17,18,19). The quantitative estimate of drug-likeness (QED) is 0.366. The van der Waals surface area contributed by atoms with Crippen LogP contribution >= 0.6 is 11.6 Å². The van der Waals surface area contributed by atoms with Crippen molar-refractivity contribution < 1.29 is 14.5 Å². The zero-order valence-corrected chi connectivity index (χ0v) is 13.9. The number of methoxy groups -OCH3 is 1. The maximum atomic E-state index is 12.0. The number of anilines is 2. The minimum Gasteiger partial charge on any atom is -0.383 e. The smallest absolute Gasteiger partial charge is 0.354 e. The molecule has 0 aliphatic heterocycles. The molecule has 1 aromatic heterocycles. The molecule has 0 unspecified atom stereocenters. The third kappa shape index (κ3) is 4.99. The number of halogens is 1.